The van der Waals surface area contributed by atoms with Crippen molar-refractivity contribution in [2.45, 2.75) is 37.6 Å². The van der Waals surface area contributed by atoms with Crippen LogP contribution in [0, 0.1) is 15.5 Å². The molecule has 7 N–H and O–H groups in total. The smallest absolute Gasteiger partial charge is 0.269 e. The number of amides is 3. The van der Waals surface area contributed by atoms with Gasteiger partial charge >= 0.3 is 0 Å². The van der Waals surface area contributed by atoms with Crippen LogP contribution in [-0.2, 0) is 19.2 Å². The van der Waals surface area contributed by atoms with Gasteiger partial charge < -0.3 is 22.1 Å². The Morgan fingerprint density at radius 3 is 2.44 bits per heavy atom. The number of ketones is 1. The minimum absolute atomic E-state index is 0.101. The number of hydrogen-bond donors (Lipinski definition) is 5. The molecule has 0 saturated carbocycles. The van der Waals surface area contributed by atoms with Crippen LogP contribution >= 0.6 is 0 Å². The van der Waals surface area contributed by atoms with E-state index in [4.69, 9.17) is 16.9 Å². The molecular formula is C19H25N7O6. The number of nitrogens with two attached hydrogens (primary N) is 2. The molecule has 172 valence electrons. The van der Waals surface area contributed by atoms with E-state index in [1.807, 2.05) is 0 Å². The highest BCUT2D eigenvalue weighted by Gasteiger charge is 2.55. The zero-order valence-corrected chi connectivity index (χ0v) is 17.3. The molecule has 0 spiro atoms. The minimum atomic E-state index is -2.15. The zero-order valence-electron chi connectivity index (χ0n) is 17.3. The van der Waals surface area contributed by atoms with E-state index in [0.717, 1.165) is 0 Å². The third kappa shape index (κ3) is 5.24. The molecule has 1 aromatic carbocycles. The van der Waals surface area contributed by atoms with Crippen LogP contribution in [-0.4, -0.2) is 57.9 Å². The van der Waals surface area contributed by atoms with Crippen LogP contribution in [0.4, 0.5) is 11.4 Å². The fraction of sp³-hybridized carbons (Fsp3) is 0.421. The number of Topliss-reactive ketones (excluding diaryl/α,β-unsaturated/α-hetero) is 1. The molecule has 2 rings (SSSR count). The number of rotatable bonds is 8. The SMILES string of the molecule is N=C(N)NCCC[C@]1(C(=O)Nc2ccc([N+](=O)[O-])cc2)C(=O)CCCC(=O)N1C(=O)CN. The molecular weight excluding hydrogens is 422 g/mol. The number of nitro benzene ring substituents is 1. The molecule has 3 amide bonds. The van der Waals surface area contributed by atoms with E-state index < -0.39 is 40.5 Å². The first-order valence-electron chi connectivity index (χ1n) is 9.86. The van der Waals surface area contributed by atoms with Crippen LogP contribution in [0.2, 0.25) is 0 Å². The lowest BCUT2D eigenvalue weighted by molar-refractivity contribution is -0.384. The number of carbonyl (C=O) groups is 4. The second-order valence-electron chi connectivity index (χ2n) is 7.17. The average molecular weight is 447 g/mol. The van der Waals surface area contributed by atoms with Crippen LogP contribution in [0.3, 0.4) is 0 Å². The number of non-ortho nitro benzene ring substituents is 1. The molecule has 0 bridgehead atoms. The third-order valence-electron chi connectivity index (χ3n) is 5.05. The second-order valence-corrected chi connectivity index (χ2v) is 7.17. The van der Waals surface area contributed by atoms with E-state index in [0.29, 0.717) is 4.90 Å². The fourth-order valence-corrected chi connectivity index (χ4v) is 3.56. The van der Waals surface area contributed by atoms with Crippen LogP contribution in [0.5, 0.6) is 0 Å². The number of nitrogens with zero attached hydrogens (tertiary/aromatic N) is 2. The maximum atomic E-state index is 13.4. The summed E-state index contributed by atoms with van der Waals surface area (Å²) in [6.07, 6.45) is -0.128. The Bertz CT molecular complexity index is 933. The van der Waals surface area contributed by atoms with Gasteiger partial charge in [0.05, 0.1) is 11.5 Å². The maximum Gasteiger partial charge on any atom is 0.269 e. The van der Waals surface area contributed by atoms with Gasteiger partial charge in [0.2, 0.25) is 11.8 Å². The van der Waals surface area contributed by atoms with Crippen LogP contribution < -0.4 is 22.1 Å². The molecule has 1 heterocycles. The van der Waals surface area contributed by atoms with E-state index in [9.17, 15) is 29.3 Å². The number of likely N-dealkylation sites (tertiary alicyclic amines) is 1. The third-order valence-corrected chi connectivity index (χ3v) is 5.05. The van der Waals surface area contributed by atoms with Gasteiger partial charge in [0.25, 0.3) is 11.6 Å². The van der Waals surface area contributed by atoms with Gasteiger partial charge in [-0.2, -0.15) is 0 Å². The monoisotopic (exact) mass is 447 g/mol. The predicted molar refractivity (Wildman–Crippen MR) is 113 cm³/mol. The van der Waals surface area contributed by atoms with Crippen molar-refractivity contribution in [2.75, 3.05) is 18.4 Å². The number of nitro groups is 1. The first kappa shape index (κ1) is 24.4. The Balaban J connectivity index is 2.46. The molecule has 1 aliphatic heterocycles. The predicted octanol–water partition coefficient (Wildman–Crippen LogP) is -0.398. The summed E-state index contributed by atoms with van der Waals surface area (Å²) >= 11 is 0. The number of nitrogens with one attached hydrogen (secondary N) is 3. The highest BCUT2D eigenvalue weighted by molar-refractivity contribution is 6.21. The molecule has 0 aromatic heterocycles. The molecule has 1 aliphatic rings. The van der Waals surface area contributed by atoms with Crippen molar-refractivity contribution in [1.29, 1.82) is 5.41 Å². The Morgan fingerprint density at radius 1 is 1.22 bits per heavy atom. The summed E-state index contributed by atoms with van der Waals surface area (Å²) in [7, 11) is 0. The Kier molecular flexibility index (Phi) is 7.96. The summed E-state index contributed by atoms with van der Waals surface area (Å²) in [5, 5.41) is 23.1. The van der Waals surface area contributed by atoms with Crippen molar-refractivity contribution >= 4 is 40.8 Å². The van der Waals surface area contributed by atoms with Crippen molar-refractivity contribution in [2.24, 2.45) is 11.5 Å². The molecule has 1 saturated heterocycles. The normalized spacial score (nSPS) is 18.6. The number of carbonyl (C=O) groups excluding carboxylic acids is 4. The van der Waals surface area contributed by atoms with E-state index in [2.05, 4.69) is 10.6 Å². The van der Waals surface area contributed by atoms with Gasteiger partial charge in [-0.1, -0.05) is 0 Å². The van der Waals surface area contributed by atoms with Crippen molar-refractivity contribution in [3.8, 4) is 0 Å². The summed E-state index contributed by atoms with van der Waals surface area (Å²) in [5.74, 6) is -3.41. The molecule has 1 fully saturated rings. The summed E-state index contributed by atoms with van der Waals surface area (Å²) < 4.78 is 0. The van der Waals surface area contributed by atoms with E-state index in [1.54, 1.807) is 0 Å². The number of hydrogen-bond acceptors (Lipinski definition) is 8. The Labute approximate surface area is 183 Å². The van der Waals surface area contributed by atoms with E-state index in [1.165, 1.54) is 24.3 Å². The maximum absolute atomic E-state index is 13.4. The van der Waals surface area contributed by atoms with Crippen molar-refractivity contribution in [3.63, 3.8) is 0 Å². The van der Waals surface area contributed by atoms with Gasteiger partial charge in [0.15, 0.2) is 17.3 Å². The lowest BCUT2D eigenvalue weighted by atomic mass is 9.84. The summed E-state index contributed by atoms with van der Waals surface area (Å²) in [5.41, 5.74) is 8.52. The van der Waals surface area contributed by atoms with E-state index in [-0.39, 0.29) is 56.0 Å². The Hall–Kier alpha value is -3.87. The number of benzene rings is 1. The molecule has 0 aliphatic carbocycles. The molecule has 13 heteroatoms. The highest BCUT2D eigenvalue weighted by atomic mass is 16.6. The molecule has 13 nitrogen and oxygen atoms in total. The number of guanidine groups is 1. The van der Waals surface area contributed by atoms with Gasteiger partial charge in [-0.3, -0.25) is 39.6 Å². The van der Waals surface area contributed by atoms with Gasteiger partial charge in [0, 0.05) is 37.2 Å². The lowest BCUT2D eigenvalue weighted by Crippen LogP contribution is -2.65. The second kappa shape index (κ2) is 10.4. The largest absolute Gasteiger partial charge is 0.370 e. The lowest BCUT2D eigenvalue weighted by Gasteiger charge is -2.38. The van der Waals surface area contributed by atoms with E-state index >= 15 is 0 Å². The molecule has 1 atom stereocenters. The van der Waals surface area contributed by atoms with Gasteiger partial charge in [-0.25, -0.2) is 0 Å². The molecule has 0 radical (unpaired) electrons. The number of anilines is 1. The summed E-state index contributed by atoms with van der Waals surface area (Å²) in [6.45, 7) is -0.467. The number of imide groups is 1. The first-order chi connectivity index (χ1) is 15.1. The Morgan fingerprint density at radius 2 is 1.88 bits per heavy atom. The van der Waals surface area contributed by atoms with Gasteiger partial charge in [-0.15, -0.1) is 0 Å². The van der Waals surface area contributed by atoms with Crippen LogP contribution in [0.15, 0.2) is 24.3 Å². The van der Waals surface area contributed by atoms with Crippen LogP contribution in [0.1, 0.15) is 32.1 Å². The highest BCUT2D eigenvalue weighted by Crippen LogP contribution is 2.32. The van der Waals surface area contributed by atoms with Crippen molar-refractivity contribution < 1.29 is 24.1 Å². The van der Waals surface area contributed by atoms with Gasteiger partial charge in [-0.05, 0) is 31.4 Å². The van der Waals surface area contributed by atoms with Crippen molar-refractivity contribution in [3.05, 3.63) is 34.4 Å². The zero-order chi connectivity index (χ0) is 23.9. The topological polar surface area (TPSA) is 215 Å². The molecule has 32 heavy (non-hydrogen) atoms. The van der Waals surface area contributed by atoms with Crippen LogP contribution in [0.25, 0.3) is 0 Å². The van der Waals surface area contributed by atoms with Crippen molar-refractivity contribution in [1.82, 2.24) is 10.2 Å². The summed E-state index contributed by atoms with van der Waals surface area (Å²) in [4.78, 5) is 62.9. The first-order valence-corrected chi connectivity index (χ1v) is 9.86. The molecule has 1 aromatic rings. The summed E-state index contributed by atoms with van der Waals surface area (Å²) in [6, 6.07) is 4.89. The minimum Gasteiger partial charge on any atom is -0.370 e. The van der Waals surface area contributed by atoms with Gasteiger partial charge in [0.1, 0.15) is 0 Å². The fourth-order valence-electron chi connectivity index (χ4n) is 3.56. The standard InChI is InChI=1S/C19H25N7O6/c20-11-16(29)25-15(28)4-1-3-14(27)19(25,9-2-10-23-18(21)22)17(30)24-12-5-7-13(8-6-12)26(31)32/h5-8H,1-4,9-11,20H2,(H,24,30)(H4,21,22,23)/t19-/m1/s1. The molecule has 0 unspecified atom stereocenters. The average Bonchev–Trinajstić information content (AvgIpc) is 2.87. The quantitative estimate of drug-likeness (QED) is 0.0873.